The highest BCUT2D eigenvalue weighted by atomic mass is 16.2. The lowest BCUT2D eigenvalue weighted by Gasteiger charge is -2.41. The maximum atomic E-state index is 13.3. The van der Waals surface area contributed by atoms with Crippen molar-refractivity contribution in [2.75, 3.05) is 19.6 Å². The first kappa shape index (κ1) is 17.4. The zero-order valence-corrected chi connectivity index (χ0v) is 16.8. The second kappa shape index (κ2) is 6.83. The van der Waals surface area contributed by atoms with Crippen molar-refractivity contribution in [2.45, 2.75) is 63.1 Å². The lowest BCUT2D eigenvalue weighted by Crippen LogP contribution is -2.52. The molecule has 7 nitrogen and oxygen atoms in total. The Kier molecular flexibility index (Phi) is 4.11. The highest BCUT2D eigenvalue weighted by Crippen LogP contribution is 2.34. The van der Waals surface area contributed by atoms with E-state index in [1.54, 1.807) is 0 Å². The third kappa shape index (κ3) is 2.78. The van der Waals surface area contributed by atoms with Gasteiger partial charge in [-0.05, 0) is 51.1 Å². The molecule has 1 aliphatic carbocycles. The Morgan fingerprint density at radius 3 is 2.66 bits per heavy atom. The number of carbonyl (C=O) groups is 1. The van der Waals surface area contributed by atoms with Gasteiger partial charge in [0.15, 0.2) is 0 Å². The fraction of sp³-hybridized carbons (Fsp3) is 0.591. The summed E-state index contributed by atoms with van der Waals surface area (Å²) in [6.07, 6.45) is 13.8. The van der Waals surface area contributed by atoms with Gasteiger partial charge in [0.05, 0.1) is 24.1 Å². The standard InChI is InChI=1S/C22H28N6O/c29-22(19-5-2-10-27(19)15-3-1-4-15)26-11-7-16(8-12-26)28-14-25-18-13-24-21-17(20(18)28)6-9-23-21/h6,9,13-16,19H,1-5,7-8,10-12H2,(H,23,24). The molecule has 0 spiro atoms. The third-order valence-corrected chi connectivity index (χ3v) is 7.41. The number of hydrogen-bond acceptors (Lipinski definition) is 4. The van der Waals surface area contributed by atoms with Gasteiger partial charge in [0.25, 0.3) is 0 Å². The smallest absolute Gasteiger partial charge is 0.239 e. The molecule has 2 aliphatic heterocycles. The topological polar surface area (TPSA) is 70.1 Å². The van der Waals surface area contributed by atoms with Gasteiger partial charge in [0, 0.05) is 36.8 Å². The molecule has 1 amide bonds. The number of aromatic nitrogens is 4. The molecule has 3 aromatic rings. The van der Waals surface area contributed by atoms with E-state index in [4.69, 9.17) is 0 Å². The number of nitrogens with zero attached hydrogens (tertiary/aromatic N) is 5. The molecule has 3 aliphatic rings. The van der Waals surface area contributed by atoms with Crippen LogP contribution in [-0.4, -0.2) is 66.9 Å². The number of nitrogens with one attached hydrogen (secondary N) is 1. The summed E-state index contributed by atoms with van der Waals surface area (Å²) in [4.78, 5) is 30.1. The highest BCUT2D eigenvalue weighted by molar-refractivity contribution is 6.00. The molecule has 0 bridgehead atoms. The van der Waals surface area contributed by atoms with E-state index in [0.29, 0.717) is 18.0 Å². The zero-order valence-electron chi connectivity index (χ0n) is 16.8. The summed E-state index contributed by atoms with van der Waals surface area (Å²) in [5.41, 5.74) is 3.01. The molecular formula is C22H28N6O. The predicted molar refractivity (Wildman–Crippen MR) is 112 cm³/mol. The molecule has 7 heteroatoms. The summed E-state index contributed by atoms with van der Waals surface area (Å²) in [5.74, 6) is 0.376. The van der Waals surface area contributed by atoms with Crippen molar-refractivity contribution in [1.82, 2.24) is 29.3 Å². The lowest BCUT2D eigenvalue weighted by molar-refractivity contribution is -0.138. The Hall–Kier alpha value is -2.41. The molecule has 1 saturated carbocycles. The minimum absolute atomic E-state index is 0.136. The Morgan fingerprint density at radius 1 is 1.00 bits per heavy atom. The Bertz CT molecular complexity index is 1040. The summed E-state index contributed by atoms with van der Waals surface area (Å²) in [6, 6.07) is 3.27. The number of rotatable bonds is 3. The largest absolute Gasteiger partial charge is 0.346 e. The summed E-state index contributed by atoms with van der Waals surface area (Å²) in [6.45, 7) is 2.80. The SMILES string of the molecule is O=C(C1CCCN1C1CCC1)N1CCC(n2cnc3cnc4[nH]ccc4c32)CC1. The zero-order chi connectivity index (χ0) is 19.4. The van der Waals surface area contributed by atoms with E-state index in [0.717, 1.165) is 61.0 Å². The van der Waals surface area contributed by atoms with Gasteiger partial charge in [0.2, 0.25) is 5.91 Å². The van der Waals surface area contributed by atoms with Gasteiger partial charge in [0.1, 0.15) is 11.2 Å². The maximum absolute atomic E-state index is 13.3. The van der Waals surface area contributed by atoms with Gasteiger partial charge in [-0.2, -0.15) is 0 Å². The highest BCUT2D eigenvalue weighted by Gasteiger charge is 2.40. The molecule has 1 atom stereocenters. The van der Waals surface area contributed by atoms with Crippen molar-refractivity contribution in [3.8, 4) is 0 Å². The molecule has 2 saturated heterocycles. The molecule has 5 heterocycles. The first-order valence-corrected chi connectivity index (χ1v) is 11.1. The normalized spacial score (nSPS) is 24.6. The number of hydrogen-bond donors (Lipinski definition) is 1. The van der Waals surface area contributed by atoms with Crippen LogP contribution in [0, 0.1) is 0 Å². The Balaban J connectivity index is 1.18. The summed E-state index contributed by atoms with van der Waals surface area (Å²) in [5, 5.41) is 1.13. The average molecular weight is 393 g/mol. The van der Waals surface area contributed by atoms with Crippen molar-refractivity contribution in [2.24, 2.45) is 0 Å². The molecule has 29 heavy (non-hydrogen) atoms. The molecule has 6 rings (SSSR count). The molecule has 1 unspecified atom stereocenters. The summed E-state index contributed by atoms with van der Waals surface area (Å²) in [7, 11) is 0. The van der Waals surface area contributed by atoms with E-state index < -0.39 is 0 Å². The third-order valence-electron chi connectivity index (χ3n) is 7.41. The minimum Gasteiger partial charge on any atom is -0.346 e. The maximum Gasteiger partial charge on any atom is 0.239 e. The number of imidazole rings is 1. The van der Waals surface area contributed by atoms with Crippen molar-refractivity contribution in [3.05, 3.63) is 24.8 Å². The van der Waals surface area contributed by atoms with Crippen LogP contribution in [0.25, 0.3) is 22.1 Å². The minimum atomic E-state index is 0.136. The second-order valence-electron chi connectivity index (χ2n) is 8.92. The van der Waals surface area contributed by atoms with Gasteiger partial charge in [-0.3, -0.25) is 9.69 Å². The summed E-state index contributed by atoms with van der Waals surface area (Å²) >= 11 is 0. The van der Waals surface area contributed by atoms with Crippen LogP contribution in [0.4, 0.5) is 0 Å². The first-order chi connectivity index (χ1) is 14.3. The number of piperidine rings is 1. The van der Waals surface area contributed by atoms with Crippen molar-refractivity contribution < 1.29 is 4.79 Å². The fourth-order valence-corrected chi connectivity index (χ4v) is 5.59. The van der Waals surface area contributed by atoms with Gasteiger partial charge in [-0.25, -0.2) is 9.97 Å². The Morgan fingerprint density at radius 2 is 1.86 bits per heavy atom. The van der Waals surface area contributed by atoms with Crippen LogP contribution in [0.3, 0.4) is 0 Å². The van der Waals surface area contributed by atoms with Crippen LogP contribution in [-0.2, 0) is 4.79 Å². The number of pyridine rings is 1. The molecule has 0 radical (unpaired) electrons. The molecule has 3 aromatic heterocycles. The number of likely N-dealkylation sites (tertiary alicyclic amines) is 2. The molecular weight excluding hydrogens is 364 g/mol. The number of aromatic amines is 1. The van der Waals surface area contributed by atoms with Crippen LogP contribution in [0.2, 0.25) is 0 Å². The second-order valence-corrected chi connectivity index (χ2v) is 8.92. The van der Waals surface area contributed by atoms with Crippen molar-refractivity contribution in [1.29, 1.82) is 0 Å². The van der Waals surface area contributed by atoms with E-state index in [1.807, 2.05) is 18.7 Å². The fourth-order valence-electron chi connectivity index (χ4n) is 5.59. The van der Waals surface area contributed by atoms with E-state index in [1.165, 1.54) is 25.7 Å². The van der Waals surface area contributed by atoms with Crippen molar-refractivity contribution >= 4 is 28.0 Å². The molecule has 3 fully saturated rings. The van der Waals surface area contributed by atoms with Gasteiger partial charge in [-0.15, -0.1) is 0 Å². The van der Waals surface area contributed by atoms with Crippen LogP contribution < -0.4 is 0 Å². The quantitative estimate of drug-likeness (QED) is 0.744. The van der Waals surface area contributed by atoms with Gasteiger partial charge >= 0.3 is 0 Å². The lowest BCUT2D eigenvalue weighted by atomic mass is 9.91. The van der Waals surface area contributed by atoms with Crippen LogP contribution in [0.1, 0.15) is 51.0 Å². The van der Waals surface area contributed by atoms with Gasteiger partial charge < -0.3 is 14.5 Å². The monoisotopic (exact) mass is 392 g/mol. The number of fused-ring (bicyclic) bond motifs is 3. The Labute approximate surface area is 170 Å². The van der Waals surface area contributed by atoms with E-state index >= 15 is 0 Å². The van der Waals surface area contributed by atoms with E-state index in [-0.39, 0.29) is 6.04 Å². The van der Waals surface area contributed by atoms with Crippen LogP contribution in [0.15, 0.2) is 24.8 Å². The summed E-state index contributed by atoms with van der Waals surface area (Å²) < 4.78 is 2.31. The van der Waals surface area contributed by atoms with Crippen LogP contribution >= 0.6 is 0 Å². The molecule has 1 N–H and O–H groups in total. The number of H-pyrrole nitrogens is 1. The molecule has 0 aromatic carbocycles. The predicted octanol–water partition coefficient (Wildman–Crippen LogP) is 3.09. The van der Waals surface area contributed by atoms with Gasteiger partial charge in [-0.1, -0.05) is 6.42 Å². The first-order valence-electron chi connectivity index (χ1n) is 11.1. The van der Waals surface area contributed by atoms with E-state index in [2.05, 4.69) is 35.4 Å². The van der Waals surface area contributed by atoms with E-state index in [9.17, 15) is 4.79 Å². The number of amides is 1. The van der Waals surface area contributed by atoms with Crippen molar-refractivity contribution in [3.63, 3.8) is 0 Å². The molecule has 152 valence electrons. The average Bonchev–Trinajstić information content (AvgIpc) is 3.44. The number of carbonyl (C=O) groups excluding carboxylic acids is 1. The van der Waals surface area contributed by atoms with Crippen LogP contribution in [0.5, 0.6) is 0 Å².